The lowest BCUT2D eigenvalue weighted by molar-refractivity contribution is 0.652. The Labute approximate surface area is 104 Å². The molecule has 1 aliphatic rings. The SMILES string of the molecule is Clc1cnccc1N1CCCC1CCBr. The Morgan fingerprint density at radius 1 is 1.60 bits per heavy atom. The van der Waals surface area contributed by atoms with Gasteiger partial charge in [0.25, 0.3) is 0 Å². The minimum absolute atomic E-state index is 0.629. The standard InChI is InChI=1S/C11H14BrClN2/c12-5-3-9-2-1-7-15(9)11-4-6-14-8-10(11)13/h4,6,8-9H,1-3,5,7H2. The van der Waals surface area contributed by atoms with Crippen molar-refractivity contribution in [3.63, 3.8) is 0 Å². The minimum Gasteiger partial charge on any atom is -0.367 e. The third-order valence-corrected chi connectivity index (χ3v) is 3.63. The molecule has 2 heterocycles. The van der Waals surface area contributed by atoms with Crippen molar-refractivity contribution in [3.05, 3.63) is 23.5 Å². The summed E-state index contributed by atoms with van der Waals surface area (Å²) >= 11 is 9.66. The van der Waals surface area contributed by atoms with Crippen LogP contribution in [0.5, 0.6) is 0 Å². The fourth-order valence-electron chi connectivity index (χ4n) is 2.18. The lowest BCUT2D eigenvalue weighted by Gasteiger charge is -2.26. The van der Waals surface area contributed by atoms with Crippen molar-refractivity contribution >= 4 is 33.2 Å². The van der Waals surface area contributed by atoms with Gasteiger partial charge in [0.1, 0.15) is 0 Å². The average molecular weight is 290 g/mol. The van der Waals surface area contributed by atoms with Gasteiger partial charge in [0.05, 0.1) is 10.7 Å². The van der Waals surface area contributed by atoms with Crippen LogP contribution in [0.25, 0.3) is 0 Å². The first-order chi connectivity index (χ1) is 7.33. The highest BCUT2D eigenvalue weighted by Crippen LogP contribution is 2.32. The Kier molecular flexibility index (Phi) is 3.87. The number of hydrogen-bond donors (Lipinski definition) is 0. The van der Waals surface area contributed by atoms with Crippen LogP contribution in [-0.2, 0) is 0 Å². The fourth-order valence-corrected chi connectivity index (χ4v) is 2.94. The second-order valence-electron chi connectivity index (χ2n) is 3.79. The molecule has 1 fully saturated rings. The Bertz CT molecular complexity index is 332. The van der Waals surface area contributed by atoms with E-state index < -0.39 is 0 Å². The van der Waals surface area contributed by atoms with E-state index in [0.29, 0.717) is 6.04 Å². The smallest absolute Gasteiger partial charge is 0.0822 e. The monoisotopic (exact) mass is 288 g/mol. The van der Waals surface area contributed by atoms with Gasteiger partial charge in [-0.25, -0.2) is 0 Å². The Balaban J connectivity index is 2.19. The second-order valence-corrected chi connectivity index (χ2v) is 4.99. The van der Waals surface area contributed by atoms with E-state index >= 15 is 0 Å². The summed E-state index contributed by atoms with van der Waals surface area (Å²) in [7, 11) is 0. The second kappa shape index (κ2) is 5.17. The number of rotatable bonds is 3. The van der Waals surface area contributed by atoms with Crippen LogP contribution in [0.3, 0.4) is 0 Å². The van der Waals surface area contributed by atoms with E-state index in [2.05, 4.69) is 25.8 Å². The molecule has 1 aliphatic heterocycles. The molecule has 0 spiro atoms. The maximum Gasteiger partial charge on any atom is 0.0822 e. The highest BCUT2D eigenvalue weighted by Gasteiger charge is 2.25. The molecule has 82 valence electrons. The van der Waals surface area contributed by atoms with Crippen molar-refractivity contribution in [3.8, 4) is 0 Å². The van der Waals surface area contributed by atoms with E-state index in [1.54, 1.807) is 6.20 Å². The van der Waals surface area contributed by atoms with Gasteiger partial charge in [-0.3, -0.25) is 4.98 Å². The number of hydrogen-bond acceptors (Lipinski definition) is 2. The Morgan fingerprint density at radius 3 is 3.20 bits per heavy atom. The van der Waals surface area contributed by atoms with Crippen LogP contribution in [0.1, 0.15) is 19.3 Å². The van der Waals surface area contributed by atoms with E-state index in [9.17, 15) is 0 Å². The first-order valence-corrected chi connectivity index (χ1v) is 6.75. The van der Waals surface area contributed by atoms with Gasteiger partial charge in [-0.1, -0.05) is 27.5 Å². The highest BCUT2D eigenvalue weighted by molar-refractivity contribution is 9.09. The molecule has 1 aromatic heterocycles. The van der Waals surface area contributed by atoms with Gasteiger partial charge in [0, 0.05) is 30.3 Å². The normalized spacial score (nSPS) is 20.9. The zero-order valence-electron chi connectivity index (χ0n) is 8.50. The summed E-state index contributed by atoms with van der Waals surface area (Å²) in [4.78, 5) is 6.43. The van der Waals surface area contributed by atoms with Crippen LogP contribution in [0.4, 0.5) is 5.69 Å². The Hall–Kier alpha value is -0.280. The van der Waals surface area contributed by atoms with E-state index in [4.69, 9.17) is 11.6 Å². The van der Waals surface area contributed by atoms with E-state index in [0.717, 1.165) is 22.6 Å². The number of alkyl halides is 1. The number of aromatic nitrogens is 1. The first kappa shape index (κ1) is 11.2. The molecule has 0 aliphatic carbocycles. The predicted molar refractivity (Wildman–Crippen MR) is 68.0 cm³/mol. The van der Waals surface area contributed by atoms with Gasteiger partial charge in [0.2, 0.25) is 0 Å². The maximum absolute atomic E-state index is 6.15. The van der Waals surface area contributed by atoms with Gasteiger partial charge >= 0.3 is 0 Å². The summed E-state index contributed by atoms with van der Waals surface area (Å²) in [6.45, 7) is 1.11. The zero-order valence-corrected chi connectivity index (χ0v) is 10.8. The van der Waals surface area contributed by atoms with Crippen molar-refractivity contribution in [2.24, 2.45) is 0 Å². The fraction of sp³-hybridized carbons (Fsp3) is 0.545. The largest absolute Gasteiger partial charge is 0.367 e. The number of nitrogens with zero attached hydrogens (tertiary/aromatic N) is 2. The third kappa shape index (κ3) is 2.45. The number of pyridine rings is 1. The summed E-state index contributed by atoms with van der Waals surface area (Å²) in [5.74, 6) is 0. The van der Waals surface area contributed by atoms with E-state index in [1.807, 2.05) is 12.3 Å². The number of halogens is 2. The average Bonchev–Trinajstić information content (AvgIpc) is 2.67. The molecule has 15 heavy (non-hydrogen) atoms. The van der Waals surface area contributed by atoms with Crippen LogP contribution in [-0.4, -0.2) is 22.9 Å². The predicted octanol–water partition coefficient (Wildman–Crippen LogP) is 3.49. The zero-order chi connectivity index (χ0) is 10.7. The molecule has 1 saturated heterocycles. The lowest BCUT2D eigenvalue weighted by atomic mass is 10.1. The summed E-state index contributed by atoms with van der Waals surface area (Å²) in [5, 5.41) is 1.82. The van der Waals surface area contributed by atoms with Crippen molar-refractivity contribution in [2.75, 3.05) is 16.8 Å². The van der Waals surface area contributed by atoms with Crippen LogP contribution < -0.4 is 4.90 Å². The summed E-state index contributed by atoms with van der Waals surface area (Å²) in [5.41, 5.74) is 1.13. The molecule has 0 bridgehead atoms. The first-order valence-electron chi connectivity index (χ1n) is 5.25. The Morgan fingerprint density at radius 2 is 2.47 bits per heavy atom. The quantitative estimate of drug-likeness (QED) is 0.792. The molecule has 0 radical (unpaired) electrons. The molecular weight excluding hydrogens is 275 g/mol. The maximum atomic E-state index is 6.15. The molecule has 0 aromatic carbocycles. The molecular formula is C11H14BrClN2. The molecule has 2 rings (SSSR count). The molecule has 1 unspecified atom stereocenters. The highest BCUT2D eigenvalue weighted by atomic mass is 79.9. The molecule has 1 atom stereocenters. The van der Waals surface area contributed by atoms with Gasteiger partial charge in [0.15, 0.2) is 0 Å². The van der Waals surface area contributed by atoms with Crippen LogP contribution in [0, 0.1) is 0 Å². The number of anilines is 1. The summed E-state index contributed by atoms with van der Waals surface area (Å²) in [6.07, 6.45) is 7.24. The van der Waals surface area contributed by atoms with Gasteiger partial charge in [-0.15, -0.1) is 0 Å². The van der Waals surface area contributed by atoms with E-state index in [1.165, 1.54) is 19.3 Å². The molecule has 0 amide bonds. The molecule has 0 saturated carbocycles. The van der Waals surface area contributed by atoms with Crippen molar-refractivity contribution in [2.45, 2.75) is 25.3 Å². The molecule has 4 heteroatoms. The van der Waals surface area contributed by atoms with Crippen molar-refractivity contribution < 1.29 is 0 Å². The van der Waals surface area contributed by atoms with Gasteiger partial charge in [-0.2, -0.15) is 0 Å². The van der Waals surface area contributed by atoms with E-state index in [-0.39, 0.29) is 0 Å². The van der Waals surface area contributed by atoms with Gasteiger partial charge in [-0.05, 0) is 25.3 Å². The molecule has 2 nitrogen and oxygen atoms in total. The van der Waals surface area contributed by atoms with Crippen molar-refractivity contribution in [1.29, 1.82) is 0 Å². The topological polar surface area (TPSA) is 16.1 Å². The lowest BCUT2D eigenvalue weighted by Crippen LogP contribution is -2.29. The van der Waals surface area contributed by atoms with Crippen LogP contribution in [0.15, 0.2) is 18.5 Å². The minimum atomic E-state index is 0.629. The molecule has 1 aromatic rings. The van der Waals surface area contributed by atoms with Crippen molar-refractivity contribution in [1.82, 2.24) is 4.98 Å². The molecule has 0 N–H and O–H groups in total. The summed E-state index contributed by atoms with van der Waals surface area (Å²) < 4.78 is 0. The van der Waals surface area contributed by atoms with Crippen LogP contribution in [0.2, 0.25) is 5.02 Å². The third-order valence-electron chi connectivity index (χ3n) is 2.88. The van der Waals surface area contributed by atoms with Crippen LogP contribution >= 0.6 is 27.5 Å². The van der Waals surface area contributed by atoms with Gasteiger partial charge < -0.3 is 4.90 Å². The summed E-state index contributed by atoms with van der Waals surface area (Å²) in [6, 6.07) is 2.64.